The number of hydrogen-bond acceptors (Lipinski definition) is 4. The number of ether oxygens (including phenoxy) is 1. The molecule has 6 nitrogen and oxygen atoms in total. The van der Waals surface area contributed by atoms with Crippen LogP contribution in [-0.2, 0) is 9.53 Å². The van der Waals surface area contributed by atoms with Crippen LogP contribution in [0, 0.1) is 0 Å². The van der Waals surface area contributed by atoms with E-state index < -0.39 is 12.1 Å². The van der Waals surface area contributed by atoms with Gasteiger partial charge in [0.1, 0.15) is 0 Å². The Morgan fingerprint density at radius 2 is 2.25 bits per heavy atom. The summed E-state index contributed by atoms with van der Waals surface area (Å²) in [5, 5.41) is 12.6. The fourth-order valence-electron chi connectivity index (χ4n) is 2.71. The highest BCUT2D eigenvalue weighted by Crippen LogP contribution is 2.29. The summed E-state index contributed by atoms with van der Waals surface area (Å²) < 4.78 is 5.11. The number of amides is 2. The molecule has 0 bridgehead atoms. The molecule has 1 saturated carbocycles. The normalized spacial score (nSPS) is 30.2. The third-order valence-corrected chi connectivity index (χ3v) is 4.98. The lowest BCUT2D eigenvalue weighted by Crippen LogP contribution is -2.53. The quantitative estimate of drug-likeness (QED) is 0.814. The van der Waals surface area contributed by atoms with Gasteiger partial charge in [-0.15, -0.1) is 0 Å². The lowest BCUT2D eigenvalue weighted by molar-refractivity contribution is -0.154. The van der Waals surface area contributed by atoms with Gasteiger partial charge in [0, 0.05) is 17.8 Å². The van der Waals surface area contributed by atoms with E-state index in [-0.39, 0.29) is 25.2 Å². The molecule has 2 fully saturated rings. The van der Waals surface area contributed by atoms with Crippen molar-refractivity contribution in [2.45, 2.75) is 43.6 Å². The van der Waals surface area contributed by atoms with Crippen LogP contribution in [-0.4, -0.2) is 64.9 Å². The van der Waals surface area contributed by atoms with Crippen LogP contribution in [0.25, 0.3) is 0 Å². The number of carboxylic acid groups (broad SMARTS) is 1. The minimum atomic E-state index is -1.01. The number of rotatable bonds is 4. The number of morpholine rings is 1. The SMILES string of the molecule is CCSC1CCC(NC(=O)N2CCOC(C(=O)O)C2)C1. The highest BCUT2D eigenvalue weighted by Gasteiger charge is 2.31. The van der Waals surface area contributed by atoms with Gasteiger partial charge in [-0.05, 0) is 25.0 Å². The van der Waals surface area contributed by atoms with Crippen LogP contribution in [0.2, 0.25) is 0 Å². The zero-order valence-electron chi connectivity index (χ0n) is 11.7. The summed E-state index contributed by atoms with van der Waals surface area (Å²) in [5.74, 6) is 0.0949. The number of urea groups is 1. The van der Waals surface area contributed by atoms with Crippen molar-refractivity contribution in [2.24, 2.45) is 0 Å². The van der Waals surface area contributed by atoms with E-state index in [0.29, 0.717) is 11.8 Å². The lowest BCUT2D eigenvalue weighted by atomic mass is 10.2. The summed E-state index contributed by atoms with van der Waals surface area (Å²) in [7, 11) is 0. The Hall–Kier alpha value is -0.950. The molecule has 0 aromatic heterocycles. The molecule has 1 aliphatic heterocycles. The van der Waals surface area contributed by atoms with Crippen molar-refractivity contribution in [3.63, 3.8) is 0 Å². The number of carboxylic acids is 1. The fraction of sp³-hybridized carbons (Fsp3) is 0.846. The number of aliphatic carboxylic acids is 1. The molecule has 0 radical (unpaired) electrons. The van der Waals surface area contributed by atoms with Crippen LogP contribution in [0.15, 0.2) is 0 Å². The molecule has 2 aliphatic rings. The van der Waals surface area contributed by atoms with E-state index in [2.05, 4.69) is 12.2 Å². The van der Waals surface area contributed by atoms with Gasteiger partial charge in [0.15, 0.2) is 6.10 Å². The molecule has 0 spiro atoms. The summed E-state index contributed by atoms with van der Waals surface area (Å²) in [6.45, 7) is 3.01. The van der Waals surface area contributed by atoms with Crippen molar-refractivity contribution < 1.29 is 19.4 Å². The summed E-state index contributed by atoms with van der Waals surface area (Å²) >= 11 is 1.95. The monoisotopic (exact) mass is 302 g/mol. The van der Waals surface area contributed by atoms with Crippen LogP contribution in [0.4, 0.5) is 4.79 Å². The van der Waals surface area contributed by atoms with Crippen LogP contribution in [0.1, 0.15) is 26.2 Å². The predicted octanol–water partition coefficient (Wildman–Crippen LogP) is 1.16. The van der Waals surface area contributed by atoms with Crippen molar-refractivity contribution in [1.82, 2.24) is 10.2 Å². The zero-order valence-corrected chi connectivity index (χ0v) is 12.5. The first-order valence-corrected chi connectivity index (χ1v) is 8.16. The molecule has 20 heavy (non-hydrogen) atoms. The second kappa shape index (κ2) is 7.17. The number of carbonyl (C=O) groups excluding carboxylic acids is 1. The highest BCUT2D eigenvalue weighted by molar-refractivity contribution is 7.99. The van der Waals surface area contributed by atoms with Crippen molar-refractivity contribution >= 4 is 23.8 Å². The average Bonchev–Trinajstić information content (AvgIpc) is 2.86. The molecular weight excluding hydrogens is 280 g/mol. The Kier molecular flexibility index (Phi) is 5.54. The summed E-state index contributed by atoms with van der Waals surface area (Å²) in [5.41, 5.74) is 0. The van der Waals surface area contributed by atoms with Crippen LogP contribution >= 0.6 is 11.8 Å². The van der Waals surface area contributed by atoms with Gasteiger partial charge < -0.3 is 20.1 Å². The number of hydrogen-bond donors (Lipinski definition) is 2. The zero-order chi connectivity index (χ0) is 14.5. The molecule has 3 unspecified atom stereocenters. The van der Waals surface area contributed by atoms with Crippen molar-refractivity contribution in [1.29, 1.82) is 0 Å². The Morgan fingerprint density at radius 1 is 1.45 bits per heavy atom. The Labute approximate surface area is 123 Å². The Morgan fingerprint density at radius 3 is 2.95 bits per heavy atom. The van der Waals surface area contributed by atoms with Crippen molar-refractivity contribution in [2.75, 3.05) is 25.4 Å². The van der Waals surface area contributed by atoms with E-state index in [1.807, 2.05) is 11.8 Å². The minimum Gasteiger partial charge on any atom is -0.479 e. The molecule has 1 saturated heterocycles. The molecule has 2 N–H and O–H groups in total. The maximum Gasteiger partial charge on any atom is 0.334 e. The Balaban J connectivity index is 1.78. The second-order valence-electron chi connectivity index (χ2n) is 5.18. The number of nitrogens with zero attached hydrogens (tertiary/aromatic N) is 1. The standard InChI is InChI=1S/C13H22N2O4S/c1-2-20-10-4-3-9(7-10)14-13(18)15-5-6-19-11(8-15)12(16)17/h9-11H,2-8H2,1H3,(H,14,18)(H,16,17). The van der Waals surface area contributed by atoms with Crippen molar-refractivity contribution in [3.8, 4) is 0 Å². The predicted molar refractivity (Wildman–Crippen MR) is 77.0 cm³/mol. The molecule has 2 rings (SSSR count). The molecule has 2 amide bonds. The smallest absolute Gasteiger partial charge is 0.334 e. The van der Waals surface area contributed by atoms with E-state index >= 15 is 0 Å². The minimum absolute atomic E-state index is 0.126. The van der Waals surface area contributed by atoms with Crippen molar-refractivity contribution in [3.05, 3.63) is 0 Å². The van der Waals surface area contributed by atoms with Crippen LogP contribution in [0.3, 0.4) is 0 Å². The summed E-state index contributed by atoms with van der Waals surface area (Å²) in [4.78, 5) is 24.6. The highest BCUT2D eigenvalue weighted by atomic mass is 32.2. The van der Waals surface area contributed by atoms with E-state index in [1.165, 1.54) is 0 Å². The topological polar surface area (TPSA) is 78.9 Å². The largest absolute Gasteiger partial charge is 0.479 e. The van der Waals surface area contributed by atoms with E-state index in [9.17, 15) is 9.59 Å². The molecule has 1 heterocycles. The molecule has 1 aliphatic carbocycles. The molecule has 114 valence electrons. The first-order valence-electron chi connectivity index (χ1n) is 7.11. The third-order valence-electron chi connectivity index (χ3n) is 3.74. The first kappa shape index (κ1) is 15.4. The molecule has 0 aromatic rings. The van der Waals surface area contributed by atoms with Gasteiger partial charge in [-0.25, -0.2) is 9.59 Å². The Bertz CT molecular complexity index is 366. The van der Waals surface area contributed by atoms with Gasteiger partial charge in [-0.2, -0.15) is 11.8 Å². The fourth-order valence-corrected chi connectivity index (χ4v) is 3.85. The third kappa shape index (κ3) is 4.02. The average molecular weight is 302 g/mol. The van der Waals surface area contributed by atoms with Gasteiger partial charge >= 0.3 is 12.0 Å². The van der Waals surface area contributed by atoms with E-state index in [4.69, 9.17) is 9.84 Å². The van der Waals surface area contributed by atoms with E-state index in [1.54, 1.807) is 4.90 Å². The van der Waals surface area contributed by atoms with Gasteiger partial charge in [-0.3, -0.25) is 0 Å². The molecule has 0 aromatic carbocycles. The van der Waals surface area contributed by atoms with Gasteiger partial charge in [-0.1, -0.05) is 6.92 Å². The van der Waals surface area contributed by atoms with Crippen LogP contribution < -0.4 is 5.32 Å². The summed E-state index contributed by atoms with van der Waals surface area (Å²) in [6, 6.07) is 0.0596. The first-order chi connectivity index (χ1) is 9.60. The maximum atomic E-state index is 12.1. The number of thioether (sulfide) groups is 1. The lowest BCUT2D eigenvalue weighted by Gasteiger charge is -2.31. The molecule has 7 heteroatoms. The molecular formula is C13H22N2O4S. The second-order valence-corrected chi connectivity index (χ2v) is 6.76. The van der Waals surface area contributed by atoms with Gasteiger partial charge in [0.25, 0.3) is 0 Å². The summed E-state index contributed by atoms with van der Waals surface area (Å²) in [6.07, 6.45) is 2.26. The maximum absolute atomic E-state index is 12.1. The number of carbonyl (C=O) groups is 2. The number of nitrogens with one attached hydrogen (secondary N) is 1. The van der Waals surface area contributed by atoms with Gasteiger partial charge in [0.2, 0.25) is 0 Å². The van der Waals surface area contributed by atoms with Gasteiger partial charge in [0.05, 0.1) is 13.2 Å². The van der Waals surface area contributed by atoms with Crippen LogP contribution in [0.5, 0.6) is 0 Å². The van der Waals surface area contributed by atoms with E-state index in [0.717, 1.165) is 25.0 Å². The molecule has 3 atom stereocenters.